The number of hydrogen-bond acceptors (Lipinski definition) is 1. The second-order valence-electron chi connectivity index (χ2n) is 4.39. The van der Waals surface area contributed by atoms with Crippen molar-refractivity contribution in [3.63, 3.8) is 0 Å². The minimum Gasteiger partial charge on any atom is -0.293 e. The zero-order valence-electron chi connectivity index (χ0n) is 8.80. The molecule has 0 radical (unpaired) electrons. The number of halogens is 1. The third-order valence-corrected chi connectivity index (χ3v) is 2.68. The smallest absolute Gasteiger partial charge is 0.173 e. The molecule has 2 heteroatoms. The van der Waals surface area contributed by atoms with Crippen LogP contribution in [-0.2, 0) is 5.41 Å². The molecule has 0 atom stereocenters. The van der Waals surface area contributed by atoms with Crippen LogP contribution < -0.4 is 0 Å². The summed E-state index contributed by atoms with van der Waals surface area (Å²) < 4.78 is 0. The number of carbonyl (C=O) groups excluding carboxylic acids is 1. The van der Waals surface area contributed by atoms with Gasteiger partial charge in [0.1, 0.15) is 0 Å². The predicted octanol–water partition coefficient (Wildman–Crippen LogP) is 3.56. The van der Waals surface area contributed by atoms with Gasteiger partial charge < -0.3 is 0 Å². The van der Waals surface area contributed by atoms with Gasteiger partial charge in [-0.1, -0.05) is 54.9 Å². The van der Waals surface area contributed by atoms with E-state index in [4.69, 9.17) is 0 Å². The molecule has 0 fully saturated rings. The molecule has 0 aromatic heterocycles. The van der Waals surface area contributed by atoms with Crippen LogP contribution in [-0.4, -0.2) is 11.1 Å². The van der Waals surface area contributed by atoms with Crippen LogP contribution in [0.2, 0.25) is 0 Å². The third-order valence-electron chi connectivity index (χ3n) is 2.17. The Kier molecular flexibility index (Phi) is 3.48. The number of Topliss-reactive ketones (excluding diaryl/α,β-unsaturated/α-hetero) is 1. The van der Waals surface area contributed by atoms with Gasteiger partial charge in [0.05, 0.1) is 5.33 Å². The normalized spacial score (nSPS) is 11.4. The molecule has 1 rings (SSSR count). The van der Waals surface area contributed by atoms with Gasteiger partial charge in [0.2, 0.25) is 0 Å². The van der Waals surface area contributed by atoms with E-state index in [2.05, 4.69) is 42.8 Å². The topological polar surface area (TPSA) is 17.1 Å². The number of benzene rings is 1. The summed E-state index contributed by atoms with van der Waals surface area (Å²) in [6.45, 7) is 6.43. The number of hydrogen-bond donors (Lipinski definition) is 0. The van der Waals surface area contributed by atoms with Crippen LogP contribution in [0, 0.1) is 0 Å². The minimum absolute atomic E-state index is 0.0998. The molecule has 0 saturated heterocycles. The summed E-state index contributed by atoms with van der Waals surface area (Å²) in [5.74, 6) is 0.135. The fourth-order valence-electron chi connectivity index (χ4n) is 1.24. The molecule has 0 N–H and O–H groups in total. The van der Waals surface area contributed by atoms with Crippen molar-refractivity contribution in [2.75, 3.05) is 5.33 Å². The average molecular weight is 255 g/mol. The van der Waals surface area contributed by atoms with Crippen LogP contribution in [0.5, 0.6) is 0 Å². The van der Waals surface area contributed by atoms with Gasteiger partial charge in [-0.15, -0.1) is 0 Å². The Hall–Kier alpha value is -0.630. The lowest BCUT2D eigenvalue weighted by Gasteiger charge is -2.19. The summed E-state index contributed by atoms with van der Waals surface area (Å²) >= 11 is 3.18. The molecule has 1 aromatic carbocycles. The van der Waals surface area contributed by atoms with E-state index in [0.717, 1.165) is 5.56 Å². The molecule has 0 amide bonds. The summed E-state index contributed by atoms with van der Waals surface area (Å²) in [4.78, 5) is 11.4. The van der Waals surface area contributed by atoms with Crippen LogP contribution in [0.15, 0.2) is 24.3 Å². The Bertz CT molecular complexity index is 336. The second-order valence-corrected chi connectivity index (χ2v) is 4.95. The SMILES string of the molecule is CC(C)(C)c1cccc(C(=O)CBr)c1. The van der Waals surface area contributed by atoms with Crippen molar-refractivity contribution >= 4 is 21.7 Å². The Morgan fingerprint density at radius 2 is 2.00 bits per heavy atom. The lowest BCUT2D eigenvalue weighted by molar-refractivity contribution is 0.102. The van der Waals surface area contributed by atoms with Gasteiger partial charge in [0, 0.05) is 5.56 Å². The lowest BCUT2D eigenvalue weighted by Crippen LogP contribution is -2.12. The van der Waals surface area contributed by atoms with Gasteiger partial charge in [-0.05, 0) is 17.0 Å². The first-order valence-corrected chi connectivity index (χ1v) is 5.77. The fourth-order valence-corrected chi connectivity index (χ4v) is 1.56. The first-order chi connectivity index (χ1) is 6.45. The highest BCUT2D eigenvalue weighted by molar-refractivity contribution is 9.09. The Labute approximate surface area is 93.7 Å². The standard InChI is InChI=1S/C12H15BrO/c1-12(2,3)10-6-4-5-9(7-10)11(14)8-13/h4-7H,8H2,1-3H3. The molecular formula is C12H15BrO. The van der Waals surface area contributed by atoms with Crippen LogP contribution >= 0.6 is 15.9 Å². The molecule has 1 nitrogen and oxygen atoms in total. The van der Waals surface area contributed by atoms with E-state index in [0.29, 0.717) is 5.33 Å². The number of alkyl halides is 1. The van der Waals surface area contributed by atoms with E-state index >= 15 is 0 Å². The van der Waals surface area contributed by atoms with E-state index in [-0.39, 0.29) is 11.2 Å². The van der Waals surface area contributed by atoms with E-state index in [1.54, 1.807) is 0 Å². The van der Waals surface area contributed by atoms with Crippen molar-refractivity contribution in [2.45, 2.75) is 26.2 Å². The minimum atomic E-state index is 0.0998. The molecule has 0 unspecified atom stereocenters. The van der Waals surface area contributed by atoms with Gasteiger partial charge in [0.25, 0.3) is 0 Å². The van der Waals surface area contributed by atoms with E-state index in [1.807, 2.05) is 18.2 Å². The fraction of sp³-hybridized carbons (Fsp3) is 0.417. The van der Waals surface area contributed by atoms with Crippen molar-refractivity contribution in [2.24, 2.45) is 0 Å². The molecule has 0 bridgehead atoms. The molecule has 76 valence electrons. The van der Waals surface area contributed by atoms with Gasteiger partial charge in [0.15, 0.2) is 5.78 Å². The predicted molar refractivity (Wildman–Crippen MR) is 63.3 cm³/mol. The summed E-state index contributed by atoms with van der Waals surface area (Å²) in [5, 5.41) is 0.389. The molecule has 0 aliphatic rings. The Morgan fingerprint density at radius 3 is 2.50 bits per heavy atom. The summed E-state index contributed by atoms with van der Waals surface area (Å²) in [5.41, 5.74) is 2.08. The zero-order valence-corrected chi connectivity index (χ0v) is 10.4. The molecule has 0 aliphatic carbocycles. The van der Waals surface area contributed by atoms with E-state index in [1.165, 1.54) is 5.56 Å². The van der Waals surface area contributed by atoms with Crippen molar-refractivity contribution in [1.82, 2.24) is 0 Å². The molecule has 0 aliphatic heterocycles. The van der Waals surface area contributed by atoms with Crippen LogP contribution in [0.1, 0.15) is 36.7 Å². The maximum absolute atomic E-state index is 11.4. The van der Waals surface area contributed by atoms with Crippen molar-refractivity contribution in [3.8, 4) is 0 Å². The maximum atomic E-state index is 11.4. The maximum Gasteiger partial charge on any atom is 0.173 e. The molecule has 1 aromatic rings. The lowest BCUT2D eigenvalue weighted by atomic mass is 9.86. The van der Waals surface area contributed by atoms with Gasteiger partial charge in [-0.3, -0.25) is 4.79 Å². The van der Waals surface area contributed by atoms with Crippen LogP contribution in [0.4, 0.5) is 0 Å². The summed E-state index contributed by atoms with van der Waals surface area (Å²) in [6.07, 6.45) is 0. The highest BCUT2D eigenvalue weighted by Gasteiger charge is 2.14. The molecule has 14 heavy (non-hydrogen) atoms. The zero-order chi connectivity index (χ0) is 10.8. The first kappa shape index (κ1) is 11.4. The Balaban J connectivity index is 3.08. The van der Waals surface area contributed by atoms with Gasteiger partial charge in [-0.25, -0.2) is 0 Å². The second kappa shape index (κ2) is 4.26. The van der Waals surface area contributed by atoms with E-state index in [9.17, 15) is 4.79 Å². The van der Waals surface area contributed by atoms with Crippen molar-refractivity contribution in [1.29, 1.82) is 0 Å². The molecule has 0 heterocycles. The summed E-state index contributed by atoms with van der Waals surface area (Å²) in [6, 6.07) is 7.84. The average Bonchev–Trinajstić information content (AvgIpc) is 2.15. The van der Waals surface area contributed by atoms with Crippen molar-refractivity contribution < 1.29 is 4.79 Å². The largest absolute Gasteiger partial charge is 0.293 e. The van der Waals surface area contributed by atoms with Crippen molar-refractivity contribution in [3.05, 3.63) is 35.4 Å². The Morgan fingerprint density at radius 1 is 1.36 bits per heavy atom. The van der Waals surface area contributed by atoms with Crippen LogP contribution in [0.25, 0.3) is 0 Å². The highest BCUT2D eigenvalue weighted by atomic mass is 79.9. The van der Waals surface area contributed by atoms with Gasteiger partial charge >= 0.3 is 0 Å². The monoisotopic (exact) mass is 254 g/mol. The third kappa shape index (κ3) is 2.68. The molecule has 0 spiro atoms. The molecule has 0 saturated carbocycles. The summed E-state index contributed by atoms with van der Waals surface area (Å²) in [7, 11) is 0. The first-order valence-electron chi connectivity index (χ1n) is 4.65. The van der Waals surface area contributed by atoms with Crippen LogP contribution in [0.3, 0.4) is 0 Å². The quantitative estimate of drug-likeness (QED) is 0.583. The number of carbonyl (C=O) groups is 1. The number of ketones is 1. The molecular weight excluding hydrogens is 240 g/mol. The number of rotatable bonds is 2. The van der Waals surface area contributed by atoms with E-state index < -0.39 is 0 Å². The highest BCUT2D eigenvalue weighted by Crippen LogP contribution is 2.23. The van der Waals surface area contributed by atoms with Gasteiger partial charge in [-0.2, -0.15) is 0 Å².